The molecule has 1 heterocycles. The van der Waals surface area contributed by atoms with Crippen LogP contribution in [0.1, 0.15) is 24.0 Å². The first-order valence-electron chi connectivity index (χ1n) is 7.07. The Hall–Kier alpha value is -1.85. The van der Waals surface area contributed by atoms with Gasteiger partial charge in [0.25, 0.3) is 0 Å². The Labute approximate surface area is 124 Å². The summed E-state index contributed by atoms with van der Waals surface area (Å²) in [6.45, 7) is 2.31. The fourth-order valence-corrected chi connectivity index (χ4v) is 2.61. The zero-order chi connectivity index (χ0) is 15.2. The lowest BCUT2D eigenvalue weighted by Gasteiger charge is -2.30. The molecule has 1 aliphatic heterocycles. The number of hydrogen-bond acceptors (Lipinski definition) is 4. The number of carboxylic acid groups (broad SMARTS) is 1. The van der Waals surface area contributed by atoms with Gasteiger partial charge in [-0.05, 0) is 43.2 Å². The largest absolute Gasteiger partial charge is 0.496 e. The van der Waals surface area contributed by atoms with Gasteiger partial charge in [-0.15, -0.1) is 0 Å². The van der Waals surface area contributed by atoms with E-state index >= 15 is 0 Å². The molecule has 1 fully saturated rings. The number of aliphatic hydroxyl groups is 1. The second kappa shape index (κ2) is 7.24. The van der Waals surface area contributed by atoms with Gasteiger partial charge in [-0.25, -0.2) is 4.79 Å². The number of carbonyl (C=O) groups is 1. The lowest BCUT2D eigenvalue weighted by atomic mass is 10.0. The van der Waals surface area contributed by atoms with Gasteiger partial charge >= 0.3 is 5.97 Å². The van der Waals surface area contributed by atoms with Gasteiger partial charge in [0.1, 0.15) is 5.75 Å². The van der Waals surface area contributed by atoms with Gasteiger partial charge in [-0.1, -0.05) is 6.07 Å². The van der Waals surface area contributed by atoms with Gasteiger partial charge in [0, 0.05) is 24.7 Å². The average molecular weight is 291 g/mol. The second-order valence-corrected chi connectivity index (χ2v) is 5.27. The number of aliphatic hydroxyl groups excluding tert-OH is 1. The van der Waals surface area contributed by atoms with Crippen molar-refractivity contribution in [2.45, 2.75) is 25.5 Å². The van der Waals surface area contributed by atoms with Crippen LogP contribution in [0.4, 0.5) is 0 Å². The average Bonchev–Trinajstić information content (AvgIpc) is 2.45. The molecule has 21 heavy (non-hydrogen) atoms. The normalized spacial score (nSPS) is 19.8. The number of β-amino-alcohol motifs (C(OH)–C–C–N with tert-alkyl or cyclic N) is 1. The van der Waals surface area contributed by atoms with E-state index in [2.05, 4.69) is 4.90 Å². The molecule has 1 aromatic carbocycles. The molecular weight excluding hydrogens is 270 g/mol. The van der Waals surface area contributed by atoms with E-state index in [1.54, 1.807) is 13.2 Å². The summed E-state index contributed by atoms with van der Waals surface area (Å²) < 4.78 is 5.36. The van der Waals surface area contributed by atoms with Gasteiger partial charge < -0.3 is 14.9 Å². The summed E-state index contributed by atoms with van der Waals surface area (Å²) in [7, 11) is 1.62. The van der Waals surface area contributed by atoms with Gasteiger partial charge in [0.05, 0.1) is 13.2 Å². The van der Waals surface area contributed by atoms with Crippen LogP contribution in [0.5, 0.6) is 5.75 Å². The number of carboxylic acids is 1. The van der Waals surface area contributed by atoms with E-state index in [0.29, 0.717) is 13.1 Å². The third kappa shape index (κ3) is 4.58. The highest BCUT2D eigenvalue weighted by Gasteiger charge is 2.18. The molecule has 114 valence electrons. The van der Waals surface area contributed by atoms with Crippen molar-refractivity contribution in [3.63, 3.8) is 0 Å². The molecule has 1 aliphatic rings. The number of methoxy groups -OCH3 is 1. The van der Waals surface area contributed by atoms with Crippen molar-refractivity contribution in [1.29, 1.82) is 0 Å². The molecule has 0 aromatic heterocycles. The highest BCUT2D eigenvalue weighted by atomic mass is 16.5. The molecule has 5 heteroatoms. The molecule has 0 aliphatic carbocycles. The zero-order valence-electron chi connectivity index (χ0n) is 12.2. The first kappa shape index (κ1) is 15.5. The molecule has 1 atom stereocenters. The number of aliphatic carboxylic acids is 1. The molecule has 2 rings (SSSR count). The Kier molecular flexibility index (Phi) is 5.36. The fraction of sp³-hybridized carbons (Fsp3) is 0.438. The Morgan fingerprint density at radius 2 is 2.33 bits per heavy atom. The summed E-state index contributed by atoms with van der Waals surface area (Å²) in [6.07, 6.45) is 4.27. The second-order valence-electron chi connectivity index (χ2n) is 5.27. The Balaban J connectivity index is 2.15. The summed E-state index contributed by atoms with van der Waals surface area (Å²) >= 11 is 0. The van der Waals surface area contributed by atoms with Crippen LogP contribution in [0.3, 0.4) is 0 Å². The van der Waals surface area contributed by atoms with Gasteiger partial charge in [-0.3, -0.25) is 4.90 Å². The smallest absolute Gasteiger partial charge is 0.328 e. The molecule has 5 nitrogen and oxygen atoms in total. The third-order valence-corrected chi connectivity index (χ3v) is 3.60. The van der Waals surface area contributed by atoms with Crippen molar-refractivity contribution in [3.8, 4) is 5.75 Å². The quantitative estimate of drug-likeness (QED) is 0.809. The van der Waals surface area contributed by atoms with Gasteiger partial charge in [0.2, 0.25) is 0 Å². The number of ether oxygens (including phenoxy) is 1. The minimum atomic E-state index is -0.966. The topological polar surface area (TPSA) is 70.0 Å². The summed E-state index contributed by atoms with van der Waals surface area (Å²) in [5.74, 6) is -0.186. The van der Waals surface area contributed by atoms with Crippen LogP contribution in [-0.4, -0.2) is 47.4 Å². The SMILES string of the molecule is COc1ccc(C=CC(=O)O)cc1CN1CCCC(O)C1. The summed E-state index contributed by atoms with van der Waals surface area (Å²) in [4.78, 5) is 12.8. The van der Waals surface area contributed by atoms with Crippen LogP contribution in [0.15, 0.2) is 24.3 Å². The van der Waals surface area contributed by atoms with Crippen molar-refractivity contribution in [1.82, 2.24) is 4.90 Å². The van der Waals surface area contributed by atoms with Crippen LogP contribution in [0, 0.1) is 0 Å². The molecule has 1 aromatic rings. The van der Waals surface area contributed by atoms with Crippen molar-refractivity contribution in [2.24, 2.45) is 0 Å². The summed E-state index contributed by atoms with van der Waals surface area (Å²) in [5.41, 5.74) is 1.82. The fourth-order valence-electron chi connectivity index (χ4n) is 2.61. The molecule has 0 amide bonds. The van der Waals surface area contributed by atoms with E-state index < -0.39 is 5.97 Å². The van der Waals surface area contributed by atoms with Gasteiger partial charge in [-0.2, -0.15) is 0 Å². The molecule has 0 bridgehead atoms. The van der Waals surface area contributed by atoms with Crippen LogP contribution in [0.2, 0.25) is 0 Å². The highest BCUT2D eigenvalue weighted by Crippen LogP contribution is 2.24. The highest BCUT2D eigenvalue weighted by molar-refractivity contribution is 5.85. The summed E-state index contributed by atoms with van der Waals surface area (Å²) in [6, 6.07) is 5.60. The Bertz CT molecular complexity index is 527. The maximum atomic E-state index is 10.6. The van der Waals surface area contributed by atoms with Crippen molar-refractivity contribution < 1.29 is 19.7 Å². The molecule has 0 saturated carbocycles. The van der Waals surface area contributed by atoms with Crippen LogP contribution in [-0.2, 0) is 11.3 Å². The third-order valence-electron chi connectivity index (χ3n) is 3.60. The molecule has 0 radical (unpaired) electrons. The summed E-state index contributed by atoms with van der Waals surface area (Å²) in [5, 5.41) is 18.4. The maximum absolute atomic E-state index is 10.6. The number of likely N-dealkylation sites (tertiary alicyclic amines) is 1. The monoisotopic (exact) mass is 291 g/mol. The van der Waals surface area contributed by atoms with E-state index in [1.165, 1.54) is 0 Å². The molecule has 2 N–H and O–H groups in total. The van der Waals surface area contributed by atoms with E-state index in [0.717, 1.165) is 42.3 Å². The predicted octanol–water partition coefficient (Wildman–Crippen LogP) is 1.75. The lowest BCUT2D eigenvalue weighted by Crippen LogP contribution is -2.37. The van der Waals surface area contributed by atoms with Crippen molar-refractivity contribution in [2.75, 3.05) is 20.2 Å². The van der Waals surface area contributed by atoms with Gasteiger partial charge in [0.15, 0.2) is 0 Å². The Morgan fingerprint density at radius 1 is 1.52 bits per heavy atom. The molecule has 0 spiro atoms. The minimum Gasteiger partial charge on any atom is -0.496 e. The first-order chi connectivity index (χ1) is 10.1. The Morgan fingerprint density at radius 3 is 3.00 bits per heavy atom. The number of nitrogens with zero attached hydrogens (tertiary/aromatic N) is 1. The van der Waals surface area contributed by atoms with E-state index in [9.17, 15) is 9.90 Å². The molecular formula is C16H21NO4. The first-order valence-corrected chi connectivity index (χ1v) is 7.07. The maximum Gasteiger partial charge on any atom is 0.328 e. The van der Waals surface area contributed by atoms with Crippen molar-refractivity contribution >= 4 is 12.0 Å². The minimum absolute atomic E-state index is 0.264. The van der Waals surface area contributed by atoms with Crippen LogP contribution >= 0.6 is 0 Å². The molecule has 1 unspecified atom stereocenters. The zero-order valence-corrected chi connectivity index (χ0v) is 12.2. The van der Waals surface area contributed by atoms with Crippen LogP contribution in [0.25, 0.3) is 6.08 Å². The molecule has 1 saturated heterocycles. The van der Waals surface area contributed by atoms with E-state index in [4.69, 9.17) is 9.84 Å². The van der Waals surface area contributed by atoms with Crippen LogP contribution < -0.4 is 4.74 Å². The number of hydrogen-bond donors (Lipinski definition) is 2. The number of benzene rings is 1. The number of piperidine rings is 1. The van der Waals surface area contributed by atoms with E-state index in [1.807, 2.05) is 18.2 Å². The van der Waals surface area contributed by atoms with E-state index in [-0.39, 0.29) is 6.10 Å². The standard InChI is InChI=1S/C16H21NO4/c1-21-15-6-4-12(5-7-16(19)20)9-13(15)10-17-8-2-3-14(18)11-17/h4-7,9,14,18H,2-3,8,10-11H2,1H3,(H,19,20). The lowest BCUT2D eigenvalue weighted by molar-refractivity contribution is -0.131. The number of rotatable bonds is 5. The van der Waals surface area contributed by atoms with Crippen molar-refractivity contribution in [3.05, 3.63) is 35.4 Å². The predicted molar refractivity (Wildman–Crippen MR) is 80.2 cm³/mol.